The molecule has 0 saturated heterocycles. The second kappa shape index (κ2) is 10.1. The summed E-state index contributed by atoms with van der Waals surface area (Å²) in [7, 11) is -2.16. The van der Waals surface area contributed by atoms with Crippen molar-refractivity contribution in [1.82, 2.24) is 13.7 Å². The molecule has 0 heterocycles. The molecule has 0 aliphatic rings. The SMILES string of the molecule is C=Cc1cccc([Si](N(CC)CC)(N(CC)CC)N(CC)CC)c1. The van der Waals surface area contributed by atoms with E-state index in [9.17, 15) is 0 Å². The van der Waals surface area contributed by atoms with E-state index in [2.05, 4.69) is 86.1 Å². The minimum absolute atomic E-state index is 1.08. The van der Waals surface area contributed by atoms with Gasteiger partial charge in [-0.15, -0.1) is 0 Å². The van der Waals surface area contributed by atoms with E-state index in [0.29, 0.717) is 0 Å². The summed E-state index contributed by atoms with van der Waals surface area (Å²) >= 11 is 0. The molecule has 1 rings (SSSR count). The van der Waals surface area contributed by atoms with Crippen LogP contribution in [0.4, 0.5) is 0 Å². The van der Waals surface area contributed by atoms with Crippen LogP contribution >= 0.6 is 0 Å². The largest absolute Gasteiger partial charge is 0.323 e. The number of hydrogen-bond donors (Lipinski definition) is 0. The van der Waals surface area contributed by atoms with Gasteiger partial charge in [-0.1, -0.05) is 78.5 Å². The maximum absolute atomic E-state index is 3.98. The minimum Gasteiger partial charge on any atom is -0.296 e. The van der Waals surface area contributed by atoms with E-state index >= 15 is 0 Å². The lowest BCUT2D eigenvalue weighted by atomic mass is 10.2. The Kier molecular flexibility index (Phi) is 8.91. The molecule has 1 aromatic carbocycles. The van der Waals surface area contributed by atoms with Gasteiger partial charge in [0.15, 0.2) is 0 Å². The molecule has 0 amide bonds. The average Bonchev–Trinajstić information content (AvgIpc) is 2.63. The average molecular weight is 348 g/mol. The van der Waals surface area contributed by atoms with Gasteiger partial charge in [0.1, 0.15) is 0 Å². The molecule has 0 aromatic heterocycles. The molecular weight excluding hydrogens is 310 g/mol. The van der Waals surface area contributed by atoms with Gasteiger partial charge in [0, 0.05) is 0 Å². The lowest BCUT2D eigenvalue weighted by Gasteiger charge is -2.53. The molecular formula is C20H37N3Si. The molecule has 0 N–H and O–H groups in total. The quantitative estimate of drug-likeness (QED) is 0.567. The van der Waals surface area contributed by atoms with Gasteiger partial charge in [0.05, 0.1) is 0 Å². The molecule has 1 aromatic rings. The molecule has 0 bridgehead atoms. The number of nitrogens with zero attached hydrogens (tertiary/aromatic N) is 3. The lowest BCUT2D eigenvalue weighted by Crippen LogP contribution is -2.81. The fraction of sp³-hybridized carbons (Fsp3) is 0.600. The summed E-state index contributed by atoms with van der Waals surface area (Å²) in [4.78, 5) is 0. The number of hydrogen-bond acceptors (Lipinski definition) is 3. The Morgan fingerprint density at radius 3 is 1.54 bits per heavy atom. The molecule has 0 atom stereocenters. The monoisotopic (exact) mass is 347 g/mol. The van der Waals surface area contributed by atoms with Crippen LogP contribution < -0.4 is 5.19 Å². The van der Waals surface area contributed by atoms with Crippen molar-refractivity contribution >= 4 is 19.8 Å². The molecule has 0 radical (unpaired) electrons. The van der Waals surface area contributed by atoms with Crippen LogP contribution in [-0.2, 0) is 0 Å². The van der Waals surface area contributed by atoms with Gasteiger partial charge >= 0.3 is 8.56 Å². The van der Waals surface area contributed by atoms with Crippen molar-refractivity contribution in [2.75, 3.05) is 39.3 Å². The molecule has 0 unspecified atom stereocenters. The fourth-order valence-corrected chi connectivity index (χ4v) is 9.64. The van der Waals surface area contributed by atoms with Crippen molar-refractivity contribution in [3.05, 3.63) is 36.4 Å². The van der Waals surface area contributed by atoms with Gasteiger partial charge in [-0.05, 0) is 50.0 Å². The van der Waals surface area contributed by atoms with Crippen LogP contribution in [0.2, 0.25) is 0 Å². The number of benzene rings is 1. The Balaban J connectivity index is 3.74. The highest BCUT2D eigenvalue weighted by molar-refractivity contribution is 6.84. The first-order valence-electron chi connectivity index (χ1n) is 9.58. The first kappa shape index (κ1) is 21.1. The predicted molar refractivity (Wildman–Crippen MR) is 111 cm³/mol. The van der Waals surface area contributed by atoms with Crippen LogP contribution in [-0.4, -0.2) is 61.5 Å². The zero-order valence-electron chi connectivity index (χ0n) is 16.7. The van der Waals surface area contributed by atoms with E-state index in [1.807, 2.05) is 6.08 Å². The predicted octanol–water partition coefficient (Wildman–Crippen LogP) is 3.50. The van der Waals surface area contributed by atoms with E-state index in [1.54, 1.807) is 0 Å². The lowest BCUT2D eigenvalue weighted by molar-refractivity contribution is 0.276. The third-order valence-corrected chi connectivity index (χ3v) is 10.8. The molecule has 4 heteroatoms. The normalized spacial score (nSPS) is 12.4. The van der Waals surface area contributed by atoms with E-state index in [4.69, 9.17) is 0 Å². The standard InChI is InChI=1S/C20H37N3Si/c1-8-19-16-15-17-20(18-19)24(21(9-2)10-3,22(11-4)12-5)23(13-6)14-7/h8,15-18H,1,9-14H2,2-7H3. The smallest absolute Gasteiger partial charge is 0.296 e. The van der Waals surface area contributed by atoms with Crippen LogP contribution in [0.15, 0.2) is 30.8 Å². The van der Waals surface area contributed by atoms with Crippen LogP contribution in [0.5, 0.6) is 0 Å². The molecule has 3 nitrogen and oxygen atoms in total. The summed E-state index contributed by atoms with van der Waals surface area (Å²) < 4.78 is 8.19. The summed E-state index contributed by atoms with van der Waals surface area (Å²) in [5.41, 5.74) is 1.22. The molecule has 24 heavy (non-hydrogen) atoms. The summed E-state index contributed by atoms with van der Waals surface area (Å²) in [6.45, 7) is 24.3. The fourth-order valence-electron chi connectivity index (χ4n) is 4.02. The Labute approximate surface area is 151 Å². The molecule has 0 fully saturated rings. The van der Waals surface area contributed by atoms with Crippen LogP contribution in [0.25, 0.3) is 6.08 Å². The highest BCUT2D eigenvalue weighted by Gasteiger charge is 2.50. The Morgan fingerprint density at radius 1 is 0.792 bits per heavy atom. The van der Waals surface area contributed by atoms with Gasteiger partial charge in [0.25, 0.3) is 0 Å². The summed E-state index contributed by atoms with van der Waals surface area (Å²) in [5.74, 6) is 0. The van der Waals surface area contributed by atoms with Gasteiger partial charge in [0.2, 0.25) is 0 Å². The van der Waals surface area contributed by atoms with E-state index in [1.165, 1.54) is 10.8 Å². The zero-order chi connectivity index (χ0) is 18.2. The van der Waals surface area contributed by atoms with Gasteiger partial charge < -0.3 is 0 Å². The first-order chi connectivity index (χ1) is 11.6. The van der Waals surface area contributed by atoms with Gasteiger partial charge in [-0.3, -0.25) is 13.7 Å². The number of rotatable bonds is 11. The minimum atomic E-state index is -2.16. The zero-order valence-corrected chi connectivity index (χ0v) is 17.7. The van der Waals surface area contributed by atoms with Crippen molar-refractivity contribution < 1.29 is 0 Å². The third kappa shape index (κ3) is 3.83. The van der Waals surface area contributed by atoms with Crippen molar-refractivity contribution in [2.24, 2.45) is 0 Å². The van der Waals surface area contributed by atoms with Gasteiger partial charge in [-0.2, -0.15) is 0 Å². The molecule has 0 saturated carbocycles. The van der Waals surface area contributed by atoms with Crippen LogP contribution in [0.1, 0.15) is 47.1 Å². The first-order valence-corrected chi connectivity index (χ1v) is 11.4. The highest BCUT2D eigenvalue weighted by atomic mass is 28.4. The maximum Gasteiger partial charge on any atom is 0.323 e. The summed E-state index contributed by atoms with van der Waals surface area (Å²) in [5, 5.41) is 1.48. The Hall–Kier alpha value is -0.943. The Bertz CT molecular complexity index is 460. The topological polar surface area (TPSA) is 9.72 Å². The van der Waals surface area contributed by atoms with Crippen molar-refractivity contribution in [3.63, 3.8) is 0 Å². The van der Waals surface area contributed by atoms with E-state index in [0.717, 1.165) is 39.3 Å². The van der Waals surface area contributed by atoms with E-state index < -0.39 is 8.56 Å². The highest BCUT2D eigenvalue weighted by Crippen LogP contribution is 2.22. The van der Waals surface area contributed by atoms with Crippen molar-refractivity contribution in [1.29, 1.82) is 0 Å². The molecule has 136 valence electrons. The second-order valence-corrected chi connectivity index (χ2v) is 9.73. The van der Waals surface area contributed by atoms with Gasteiger partial charge in [-0.25, -0.2) is 0 Å². The van der Waals surface area contributed by atoms with Crippen molar-refractivity contribution in [2.45, 2.75) is 41.5 Å². The summed E-state index contributed by atoms with van der Waals surface area (Å²) in [6.07, 6.45) is 1.97. The third-order valence-electron chi connectivity index (χ3n) is 5.12. The second-order valence-electron chi connectivity index (χ2n) is 5.98. The van der Waals surface area contributed by atoms with E-state index in [-0.39, 0.29) is 0 Å². The Morgan fingerprint density at radius 2 is 1.21 bits per heavy atom. The molecule has 0 aliphatic carbocycles. The van der Waals surface area contributed by atoms with Crippen molar-refractivity contribution in [3.8, 4) is 0 Å². The summed E-state index contributed by atoms with van der Waals surface area (Å²) in [6, 6.07) is 9.06. The maximum atomic E-state index is 3.98. The molecule has 0 aliphatic heterocycles. The van der Waals surface area contributed by atoms with Crippen LogP contribution in [0, 0.1) is 0 Å². The molecule has 0 spiro atoms. The van der Waals surface area contributed by atoms with Crippen LogP contribution in [0.3, 0.4) is 0 Å².